The number of nitrogens with zero attached hydrogens (tertiary/aromatic N) is 3. The van der Waals surface area contributed by atoms with Gasteiger partial charge in [0.05, 0.1) is 12.2 Å². The summed E-state index contributed by atoms with van der Waals surface area (Å²) in [6.45, 7) is 1.56. The number of halogens is 1. The summed E-state index contributed by atoms with van der Waals surface area (Å²) in [5, 5.41) is 12.2. The first-order valence-electron chi connectivity index (χ1n) is 7.68. The van der Waals surface area contributed by atoms with Gasteiger partial charge in [-0.25, -0.2) is 0 Å². The Hall–Kier alpha value is -2.17. The molecule has 4 rings (SSSR count). The van der Waals surface area contributed by atoms with Crippen LogP contribution >= 0.6 is 12.4 Å². The summed E-state index contributed by atoms with van der Waals surface area (Å²) in [6, 6.07) is 18.9. The minimum absolute atomic E-state index is 0. The first-order chi connectivity index (χ1) is 10.9. The van der Waals surface area contributed by atoms with Gasteiger partial charge in [-0.3, -0.25) is 4.57 Å². The molecular weight excluding hydrogens is 308 g/mol. The fraction of sp³-hybridized carbons (Fsp3) is 0.222. The topological polar surface area (TPSA) is 42.7 Å². The summed E-state index contributed by atoms with van der Waals surface area (Å²) in [7, 11) is 0. The number of hydrogen-bond acceptors (Lipinski definition) is 3. The molecule has 0 unspecified atom stereocenters. The number of hydrogen-bond donors (Lipinski definition) is 1. The van der Waals surface area contributed by atoms with Gasteiger partial charge in [-0.1, -0.05) is 48.5 Å². The van der Waals surface area contributed by atoms with Gasteiger partial charge in [0.1, 0.15) is 5.82 Å². The molecule has 118 valence electrons. The zero-order chi connectivity index (χ0) is 14.8. The highest BCUT2D eigenvalue weighted by Crippen LogP contribution is 2.24. The largest absolute Gasteiger partial charge is 0.306 e. The predicted molar refractivity (Wildman–Crippen MR) is 93.0 cm³/mol. The van der Waals surface area contributed by atoms with Crippen LogP contribution in [-0.2, 0) is 25.9 Å². The molecular formula is C18H19ClN4. The molecule has 0 radical (unpaired) electrons. The second-order valence-electron chi connectivity index (χ2n) is 5.59. The van der Waals surface area contributed by atoms with E-state index in [4.69, 9.17) is 0 Å². The minimum Gasteiger partial charge on any atom is -0.306 e. The van der Waals surface area contributed by atoms with Crippen LogP contribution in [0.5, 0.6) is 0 Å². The lowest BCUT2D eigenvalue weighted by Crippen LogP contribution is -2.19. The van der Waals surface area contributed by atoms with Gasteiger partial charge in [-0.15, -0.1) is 22.6 Å². The molecule has 0 aliphatic carbocycles. The lowest BCUT2D eigenvalue weighted by atomic mass is 10.0. The van der Waals surface area contributed by atoms with Gasteiger partial charge in [0.2, 0.25) is 0 Å². The van der Waals surface area contributed by atoms with Crippen LogP contribution in [0.2, 0.25) is 0 Å². The van der Waals surface area contributed by atoms with Crippen molar-refractivity contribution in [3.05, 3.63) is 77.4 Å². The van der Waals surface area contributed by atoms with E-state index in [-0.39, 0.29) is 12.4 Å². The lowest BCUT2D eigenvalue weighted by Gasteiger charge is -2.19. The Bertz CT molecular complexity index is 783. The van der Waals surface area contributed by atoms with Crippen molar-refractivity contribution in [3.8, 4) is 5.69 Å². The van der Waals surface area contributed by atoms with E-state index in [1.165, 1.54) is 16.8 Å². The second-order valence-corrected chi connectivity index (χ2v) is 5.59. The van der Waals surface area contributed by atoms with Gasteiger partial charge in [-0.2, -0.15) is 0 Å². The molecule has 1 aliphatic heterocycles. The molecule has 3 aromatic rings. The van der Waals surface area contributed by atoms with Gasteiger partial charge < -0.3 is 5.32 Å². The Kier molecular flexibility index (Phi) is 4.74. The molecule has 5 heteroatoms. The monoisotopic (exact) mass is 326 g/mol. The van der Waals surface area contributed by atoms with E-state index in [1.807, 2.05) is 6.07 Å². The molecule has 0 amide bonds. The molecule has 0 saturated carbocycles. The van der Waals surface area contributed by atoms with E-state index in [0.717, 1.165) is 37.6 Å². The summed E-state index contributed by atoms with van der Waals surface area (Å²) in [4.78, 5) is 0. The zero-order valence-corrected chi connectivity index (χ0v) is 13.6. The molecule has 4 nitrogen and oxygen atoms in total. The van der Waals surface area contributed by atoms with Crippen molar-refractivity contribution in [3.63, 3.8) is 0 Å². The van der Waals surface area contributed by atoms with E-state index >= 15 is 0 Å². The van der Waals surface area contributed by atoms with E-state index in [2.05, 4.69) is 68.6 Å². The summed E-state index contributed by atoms with van der Waals surface area (Å²) < 4.78 is 2.21. The third-order valence-corrected chi connectivity index (χ3v) is 4.10. The van der Waals surface area contributed by atoms with Crippen LogP contribution in [0, 0.1) is 0 Å². The molecule has 23 heavy (non-hydrogen) atoms. The summed E-state index contributed by atoms with van der Waals surface area (Å²) in [6.07, 6.45) is 2.01. The molecule has 2 heterocycles. The molecule has 0 atom stereocenters. The van der Waals surface area contributed by atoms with Crippen molar-refractivity contribution < 1.29 is 0 Å². The molecule has 0 saturated heterocycles. The fourth-order valence-corrected chi connectivity index (χ4v) is 3.01. The van der Waals surface area contributed by atoms with Crippen LogP contribution < -0.4 is 5.32 Å². The number of para-hydroxylation sites is 1. The smallest absolute Gasteiger partial charge is 0.151 e. The Morgan fingerprint density at radius 3 is 2.52 bits per heavy atom. The van der Waals surface area contributed by atoms with E-state index in [1.54, 1.807) is 0 Å². The third-order valence-electron chi connectivity index (χ3n) is 4.10. The third kappa shape index (κ3) is 3.14. The van der Waals surface area contributed by atoms with Crippen molar-refractivity contribution in [1.82, 2.24) is 20.1 Å². The summed E-state index contributed by atoms with van der Waals surface area (Å²) in [5.41, 5.74) is 3.88. The van der Waals surface area contributed by atoms with Crippen LogP contribution in [-0.4, -0.2) is 14.8 Å². The Morgan fingerprint density at radius 1 is 0.870 bits per heavy atom. The van der Waals surface area contributed by atoms with Crippen molar-refractivity contribution >= 4 is 12.4 Å². The molecule has 0 fully saturated rings. The van der Waals surface area contributed by atoms with Crippen LogP contribution in [0.1, 0.15) is 22.8 Å². The molecule has 2 aromatic carbocycles. The Morgan fingerprint density at radius 2 is 1.65 bits per heavy atom. The van der Waals surface area contributed by atoms with Crippen LogP contribution in [0.15, 0.2) is 54.6 Å². The van der Waals surface area contributed by atoms with Gasteiger partial charge in [0, 0.05) is 13.0 Å². The van der Waals surface area contributed by atoms with Crippen molar-refractivity contribution in [2.24, 2.45) is 0 Å². The number of rotatable bonds is 4. The molecule has 1 aliphatic rings. The highest BCUT2D eigenvalue weighted by molar-refractivity contribution is 5.85. The number of nitrogens with one attached hydrogen (secondary N) is 1. The van der Waals surface area contributed by atoms with E-state index in [9.17, 15) is 0 Å². The number of aryl methyl sites for hydroxylation is 2. The second kappa shape index (κ2) is 6.94. The average Bonchev–Trinajstić information content (AvgIpc) is 3.00. The van der Waals surface area contributed by atoms with Crippen molar-refractivity contribution in [2.45, 2.75) is 25.9 Å². The highest BCUT2D eigenvalue weighted by Gasteiger charge is 2.20. The minimum atomic E-state index is 0. The standard InChI is InChI=1S/C18H18N4.ClH/c1-2-6-14(7-3-1)12-19-13-18-21-20-17-11-10-15-8-4-5-9-16(15)22(17)18;/h1-9,19H,10-13H2;1H. The first-order valence-corrected chi connectivity index (χ1v) is 7.68. The summed E-state index contributed by atoms with van der Waals surface area (Å²) >= 11 is 0. The zero-order valence-electron chi connectivity index (χ0n) is 12.8. The lowest BCUT2D eigenvalue weighted by molar-refractivity contribution is 0.643. The van der Waals surface area contributed by atoms with Gasteiger partial charge in [-0.05, 0) is 23.6 Å². The number of fused-ring (bicyclic) bond motifs is 3. The Balaban J connectivity index is 0.00000156. The van der Waals surface area contributed by atoms with Gasteiger partial charge >= 0.3 is 0 Å². The summed E-state index contributed by atoms with van der Waals surface area (Å²) in [5.74, 6) is 2.05. The SMILES string of the molecule is Cl.c1ccc(CNCc2nnc3n2-c2ccccc2CC3)cc1. The number of benzene rings is 2. The van der Waals surface area contributed by atoms with Crippen LogP contribution in [0.4, 0.5) is 0 Å². The van der Waals surface area contributed by atoms with E-state index in [0.29, 0.717) is 0 Å². The van der Waals surface area contributed by atoms with Gasteiger partial charge in [0.25, 0.3) is 0 Å². The quantitative estimate of drug-likeness (QED) is 0.801. The van der Waals surface area contributed by atoms with Crippen LogP contribution in [0.3, 0.4) is 0 Å². The molecule has 1 N–H and O–H groups in total. The normalized spacial score (nSPS) is 12.2. The first kappa shape index (κ1) is 15.7. The fourth-order valence-electron chi connectivity index (χ4n) is 3.01. The number of aromatic nitrogens is 3. The maximum atomic E-state index is 4.38. The molecule has 1 aromatic heterocycles. The highest BCUT2D eigenvalue weighted by atomic mass is 35.5. The van der Waals surface area contributed by atoms with E-state index < -0.39 is 0 Å². The molecule has 0 spiro atoms. The van der Waals surface area contributed by atoms with Crippen molar-refractivity contribution in [1.29, 1.82) is 0 Å². The molecule has 0 bridgehead atoms. The van der Waals surface area contributed by atoms with Crippen molar-refractivity contribution in [2.75, 3.05) is 0 Å². The van der Waals surface area contributed by atoms with Crippen LogP contribution in [0.25, 0.3) is 5.69 Å². The maximum Gasteiger partial charge on any atom is 0.151 e. The average molecular weight is 327 g/mol. The maximum absolute atomic E-state index is 4.38. The Labute approximate surface area is 142 Å². The predicted octanol–water partition coefficient (Wildman–Crippen LogP) is 3.08. The van der Waals surface area contributed by atoms with Gasteiger partial charge in [0.15, 0.2) is 5.82 Å².